The van der Waals surface area contributed by atoms with Gasteiger partial charge in [-0.05, 0) is 18.9 Å². The Hall–Kier alpha value is -2.26. The van der Waals surface area contributed by atoms with Crippen molar-refractivity contribution in [2.75, 3.05) is 31.3 Å². The molecule has 0 aromatic rings. The summed E-state index contributed by atoms with van der Waals surface area (Å²) in [5.74, 6) is -0.132. The van der Waals surface area contributed by atoms with Crippen molar-refractivity contribution in [1.82, 2.24) is 9.80 Å². The lowest BCUT2D eigenvalue weighted by Crippen LogP contribution is -2.61. The molecule has 2 amide bonds. The van der Waals surface area contributed by atoms with Gasteiger partial charge in [0, 0.05) is 18.1 Å². The summed E-state index contributed by atoms with van der Waals surface area (Å²) in [6, 6.07) is -0.688. The van der Waals surface area contributed by atoms with Crippen LogP contribution in [-0.4, -0.2) is 82.3 Å². The largest absolute Gasteiger partial charge is 0.457 e. The van der Waals surface area contributed by atoms with Gasteiger partial charge >= 0.3 is 12.1 Å². The van der Waals surface area contributed by atoms with Gasteiger partial charge in [0.25, 0.3) is 0 Å². The van der Waals surface area contributed by atoms with Crippen molar-refractivity contribution >= 4 is 29.7 Å². The molecule has 29 heavy (non-hydrogen) atoms. The Labute approximate surface area is 174 Å². The normalized spacial score (nSPS) is 27.1. The third-order valence-electron chi connectivity index (χ3n) is 5.38. The van der Waals surface area contributed by atoms with Crippen LogP contribution in [0.2, 0.25) is 0 Å². The minimum absolute atomic E-state index is 0.0205. The fourth-order valence-corrected chi connectivity index (χ4v) is 5.21. The van der Waals surface area contributed by atoms with Gasteiger partial charge in [-0.2, -0.15) is 11.8 Å². The minimum Gasteiger partial charge on any atom is -0.457 e. The number of β-lactam (4-membered cyclic amide) rings is 1. The highest BCUT2D eigenvalue weighted by Gasteiger charge is 2.58. The number of fused-ring (bicyclic) bond motifs is 1. The van der Waals surface area contributed by atoms with Crippen LogP contribution in [0.1, 0.15) is 13.3 Å². The molecule has 0 radical (unpaired) electrons. The second-order valence-electron chi connectivity index (χ2n) is 7.16. The first kappa shape index (κ1) is 21.4. The van der Waals surface area contributed by atoms with Gasteiger partial charge in [-0.3, -0.25) is 9.69 Å². The highest BCUT2D eigenvalue weighted by atomic mass is 32.2. The molecule has 0 bridgehead atoms. The molecule has 3 aliphatic rings. The van der Waals surface area contributed by atoms with Crippen LogP contribution in [0.3, 0.4) is 0 Å². The Morgan fingerprint density at radius 2 is 2.00 bits per heavy atom. The standard InChI is InChI=1S/C20H26N2O6S/c1-4-7-27-19(25)17-13(10-14-16(12(3)23)18(24)22(14)17)15-11-29-9-6-21(15)20(26)28-8-5-2/h4-5,12,14-16,23H,1-2,6-11H2,3H3/t12-,14-,15?,16-/m1/s1. The lowest BCUT2D eigenvalue weighted by Gasteiger charge is -2.44. The molecule has 1 unspecified atom stereocenters. The number of carbonyl (C=O) groups excluding carboxylic acids is 3. The third kappa shape index (κ3) is 3.93. The van der Waals surface area contributed by atoms with E-state index in [9.17, 15) is 19.5 Å². The number of nitrogens with zero attached hydrogens (tertiary/aromatic N) is 2. The maximum absolute atomic E-state index is 12.8. The molecule has 8 nitrogen and oxygen atoms in total. The van der Waals surface area contributed by atoms with Gasteiger partial charge in [0.05, 0.1) is 24.1 Å². The van der Waals surface area contributed by atoms with Crippen LogP contribution in [0.25, 0.3) is 0 Å². The van der Waals surface area contributed by atoms with Crippen molar-refractivity contribution in [1.29, 1.82) is 0 Å². The monoisotopic (exact) mass is 422 g/mol. The molecule has 0 spiro atoms. The van der Waals surface area contributed by atoms with Gasteiger partial charge < -0.3 is 19.5 Å². The first-order valence-electron chi connectivity index (χ1n) is 9.56. The second kappa shape index (κ2) is 9.04. The number of rotatable bonds is 7. The van der Waals surface area contributed by atoms with E-state index in [1.165, 1.54) is 17.1 Å². The number of carbonyl (C=O) groups is 3. The van der Waals surface area contributed by atoms with Crippen molar-refractivity contribution in [3.05, 3.63) is 36.6 Å². The molecule has 3 aliphatic heterocycles. The molecule has 0 aliphatic carbocycles. The predicted molar refractivity (Wildman–Crippen MR) is 108 cm³/mol. The van der Waals surface area contributed by atoms with E-state index in [1.54, 1.807) is 23.6 Å². The Bertz CT molecular complexity index is 749. The van der Waals surface area contributed by atoms with Gasteiger partial charge in [-0.15, -0.1) is 0 Å². The van der Waals surface area contributed by atoms with Crippen LogP contribution >= 0.6 is 11.8 Å². The van der Waals surface area contributed by atoms with Crippen LogP contribution in [0, 0.1) is 5.92 Å². The van der Waals surface area contributed by atoms with E-state index < -0.39 is 24.1 Å². The first-order chi connectivity index (χ1) is 13.9. The number of hydrogen-bond acceptors (Lipinski definition) is 7. The molecule has 9 heteroatoms. The molecule has 1 N–H and O–H groups in total. The molecule has 0 aromatic heterocycles. The molecule has 0 saturated carbocycles. The number of thioether (sulfide) groups is 1. The summed E-state index contributed by atoms with van der Waals surface area (Å²) < 4.78 is 10.4. The van der Waals surface area contributed by atoms with E-state index in [2.05, 4.69) is 13.2 Å². The van der Waals surface area contributed by atoms with E-state index in [-0.39, 0.29) is 36.9 Å². The fourth-order valence-electron chi connectivity index (χ4n) is 4.12. The quantitative estimate of drug-likeness (QED) is 0.375. The lowest BCUT2D eigenvalue weighted by molar-refractivity contribution is -0.162. The maximum atomic E-state index is 12.8. The van der Waals surface area contributed by atoms with Crippen LogP contribution in [-0.2, 0) is 19.1 Å². The number of esters is 1. The summed E-state index contributed by atoms with van der Waals surface area (Å²) in [4.78, 5) is 41.0. The second-order valence-corrected chi connectivity index (χ2v) is 8.31. The van der Waals surface area contributed by atoms with Gasteiger partial charge in [-0.25, -0.2) is 9.59 Å². The van der Waals surface area contributed by atoms with Gasteiger partial charge in [0.1, 0.15) is 18.9 Å². The zero-order valence-electron chi connectivity index (χ0n) is 16.4. The molecule has 0 aromatic carbocycles. The summed E-state index contributed by atoms with van der Waals surface area (Å²) in [6.45, 7) is 9.26. The molecule has 158 valence electrons. The van der Waals surface area contributed by atoms with Crippen molar-refractivity contribution in [3.63, 3.8) is 0 Å². The van der Waals surface area contributed by atoms with Crippen LogP contribution < -0.4 is 0 Å². The topological polar surface area (TPSA) is 96.4 Å². The van der Waals surface area contributed by atoms with Crippen LogP contribution in [0.4, 0.5) is 4.79 Å². The van der Waals surface area contributed by atoms with Crippen LogP contribution in [0.5, 0.6) is 0 Å². The minimum atomic E-state index is -0.817. The predicted octanol–water partition coefficient (Wildman–Crippen LogP) is 1.32. The van der Waals surface area contributed by atoms with Gasteiger partial charge in [0.15, 0.2) is 0 Å². The number of aliphatic hydroxyl groups excluding tert-OH is 1. The Balaban J connectivity index is 1.93. The van der Waals surface area contributed by atoms with Crippen molar-refractivity contribution < 1.29 is 29.0 Å². The number of ether oxygens (including phenoxy) is 2. The van der Waals surface area contributed by atoms with E-state index >= 15 is 0 Å². The maximum Gasteiger partial charge on any atom is 0.410 e. The molecular formula is C20H26N2O6S. The molecule has 4 atom stereocenters. The smallest absolute Gasteiger partial charge is 0.410 e. The van der Waals surface area contributed by atoms with Crippen molar-refractivity contribution in [2.24, 2.45) is 5.92 Å². The van der Waals surface area contributed by atoms with Crippen molar-refractivity contribution in [2.45, 2.75) is 31.5 Å². The Morgan fingerprint density at radius 1 is 1.31 bits per heavy atom. The highest BCUT2D eigenvalue weighted by molar-refractivity contribution is 7.99. The van der Waals surface area contributed by atoms with E-state index in [0.29, 0.717) is 24.3 Å². The third-order valence-corrected chi connectivity index (χ3v) is 6.40. The van der Waals surface area contributed by atoms with Gasteiger partial charge in [-0.1, -0.05) is 25.3 Å². The molecule has 2 saturated heterocycles. The van der Waals surface area contributed by atoms with E-state index in [4.69, 9.17) is 9.47 Å². The molecule has 2 fully saturated rings. The average molecular weight is 423 g/mol. The van der Waals surface area contributed by atoms with Crippen molar-refractivity contribution in [3.8, 4) is 0 Å². The zero-order chi connectivity index (χ0) is 21.1. The number of amides is 2. The van der Waals surface area contributed by atoms with E-state index in [0.717, 1.165) is 5.75 Å². The summed E-state index contributed by atoms with van der Waals surface area (Å²) in [6.07, 6.45) is 2.07. The highest BCUT2D eigenvalue weighted by Crippen LogP contribution is 2.46. The van der Waals surface area contributed by atoms with Gasteiger partial charge in [0.2, 0.25) is 5.91 Å². The fraction of sp³-hybridized carbons (Fsp3) is 0.550. The molecular weight excluding hydrogens is 396 g/mol. The summed E-state index contributed by atoms with van der Waals surface area (Å²) in [5, 5.41) is 10.00. The number of hydrogen-bond donors (Lipinski definition) is 1. The Morgan fingerprint density at radius 3 is 2.66 bits per heavy atom. The average Bonchev–Trinajstić information content (AvgIpc) is 3.04. The summed E-state index contributed by atoms with van der Waals surface area (Å²) in [5.41, 5.74) is 0.871. The number of aliphatic hydroxyl groups is 1. The lowest BCUT2D eigenvalue weighted by atomic mass is 9.82. The van der Waals surface area contributed by atoms with Crippen LogP contribution in [0.15, 0.2) is 36.6 Å². The summed E-state index contributed by atoms with van der Waals surface area (Å²) in [7, 11) is 0. The SMILES string of the molecule is C=CCOC(=O)C1=C(C2CSCCN2C(=O)OCC=C)C[C@@H]2[C@@H]([C@@H](C)O)C(=O)N12. The zero-order valence-corrected chi connectivity index (χ0v) is 17.2. The van der Waals surface area contributed by atoms with E-state index in [1.807, 2.05) is 0 Å². The molecule has 3 rings (SSSR count). The Kier molecular flexibility index (Phi) is 6.69. The first-order valence-corrected chi connectivity index (χ1v) is 10.7. The summed E-state index contributed by atoms with van der Waals surface area (Å²) >= 11 is 1.67. The molecule has 3 heterocycles.